The smallest absolute Gasteiger partial charge is 0.191 e. The Bertz CT molecular complexity index is 294. The average molecular weight is 273 g/mol. The molecule has 1 aliphatic carbocycles. The molecule has 1 saturated carbocycles. The zero-order chi connectivity index (χ0) is 13.4. The van der Waals surface area contributed by atoms with Crippen LogP contribution in [0.5, 0.6) is 0 Å². The summed E-state index contributed by atoms with van der Waals surface area (Å²) >= 11 is 0. The third kappa shape index (κ3) is 4.96. The predicted molar refractivity (Wildman–Crippen MR) is 79.5 cm³/mol. The van der Waals surface area contributed by atoms with E-state index in [0.29, 0.717) is 11.3 Å². The molecule has 0 aromatic rings. The Hall–Kier alpha value is -0.580. The van der Waals surface area contributed by atoms with Crippen LogP contribution in [0.2, 0.25) is 0 Å². The summed E-state index contributed by atoms with van der Waals surface area (Å²) < 4.78 is 11.9. The number of hydrogen-bond donors (Lipinski definition) is 2. The fourth-order valence-electron chi connectivity index (χ4n) is 2.42. The Morgan fingerprint density at radius 1 is 1.33 bits per heavy atom. The van der Waals surface area contributed by atoms with Crippen LogP contribution in [0, 0.1) is 0 Å². The molecule has 106 valence electrons. The first kappa shape index (κ1) is 15.5. The first-order valence-corrected chi connectivity index (χ1v) is 8.51. The summed E-state index contributed by atoms with van der Waals surface area (Å²) in [6.45, 7) is 7.78. The fraction of sp³-hybridized carbons (Fsp3) is 0.923. The van der Waals surface area contributed by atoms with Gasteiger partial charge in [0, 0.05) is 40.9 Å². The molecule has 3 unspecified atom stereocenters. The maximum absolute atomic E-state index is 11.9. The van der Waals surface area contributed by atoms with Crippen molar-refractivity contribution in [3.05, 3.63) is 0 Å². The summed E-state index contributed by atoms with van der Waals surface area (Å²) in [5.74, 6) is 1.67. The second-order valence-electron chi connectivity index (χ2n) is 4.65. The van der Waals surface area contributed by atoms with Crippen LogP contribution >= 0.6 is 0 Å². The summed E-state index contributed by atoms with van der Waals surface area (Å²) in [7, 11) is -0.657. The lowest BCUT2D eigenvalue weighted by Gasteiger charge is -2.30. The van der Waals surface area contributed by atoms with E-state index in [1.165, 1.54) is 6.42 Å². The third-order valence-corrected chi connectivity index (χ3v) is 5.02. The van der Waals surface area contributed by atoms with Gasteiger partial charge >= 0.3 is 0 Å². The molecule has 18 heavy (non-hydrogen) atoms. The quantitative estimate of drug-likeness (QED) is 0.591. The van der Waals surface area contributed by atoms with Crippen molar-refractivity contribution in [3.63, 3.8) is 0 Å². The van der Waals surface area contributed by atoms with E-state index in [-0.39, 0.29) is 0 Å². The van der Waals surface area contributed by atoms with Crippen LogP contribution in [-0.2, 0) is 10.8 Å². The fourth-order valence-corrected chi connectivity index (χ4v) is 3.77. The molecule has 5 heteroatoms. The molecule has 0 heterocycles. The number of aliphatic imine (C=N–C) groups is 1. The van der Waals surface area contributed by atoms with Gasteiger partial charge in [-0.3, -0.25) is 9.20 Å². The Kier molecular flexibility index (Phi) is 7.32. The van der Waals surface area contributed by atoms with E-state index < -0.39 is 10.8 Å². The van der Waals surface area contributed by atoms with Gasteiger partial charge in [0.25, 0.3) is 0 Å². The van der Waals surface area contributed by atoms with Gasteiger partial charge in [-0.25, -0.2) is 0 Å². The minimum Gasteiger partial charge on any atom is -0.357 e. The standard InChI is InChI=1S/C13H27N3OS/c1-4-14-13(15-5-2)16-11-8-7-9-12(10-11)18(17)6-3/h11-12H,4-10H2,1-3H3,(H2,14,15,16). The molecule has 0 radical (unpaired) electrons. The normalized spacial score (nSPS) is 26.7. The molecule has 0 aliphatic heterocycles. The monoisotopic (exact) mass is 273 g/mol. The number of nitrogens with one attached hydrogen (secondary N) is 2. The lowest BCUT2D eigenvalue weighted by atomic mass is 9.95. The van der Waals surface area contributed by atoms with Gasteiger partial charge in [0.1, 0.15) is 0 Å². The molecular weight excluding hydrogens is 246 g/mol. The summed E-state index contributed by atoms with van der Waals surface area (Å²) in [6, 6.07) is 0.420. The molecule has 0 bridgehead atoms. The molecule has 3 atom stereocenters. The number of nitrogens with zero attached hydrogens (tertiary/aromatic N) is 1. The summed E-state index contributed by atoms with van der Waals surface area (Å²) in [5.41, 5.74) is 0. The molecule has 1 fully saturated rings. The third-order valence-electron chi connectivity index (χ3n) is 3.28. The van der Waals surface area contributed by atoms with Crippen molar-refractivity contribution in [1.29, 1.82) is 0 Å². The molecule has 1 aliphatic rings. The molecule has 4 nitrogen and oxygen atoms in total. The Morgan fingerprint density at radius 3 is 2.72 bits per heavy atom. The molecule has 0 aromatic carbocycles. The van der Waals surface area contributed by atoms with Crippen molar-refractivity contribution < 1.29 is 4.21 Å². The molecule has 0 spiro atoms. The summed E-state index contributed by atoms with van der Waals surface area (Å²) in [5, 5.41) is 7.09. The number of rotatable bonds is 5. The van der Waals surface area contributed by atoms with E-state index in [9.17, 15) is 4.21 Å². The van der Waals surface area contributed by atoms with E-state index >= 15 is 0 Å². The first-order valence-electron chi connectivity index (χ1n) is 7.13. The van der Waals surface area contributed by atoms with Gasteiger partial charge in [0.15, 0.2) is 5.96 Å². The van der Waals surface area contributed by atoms with Crippen molar-refractivity contribution in [1.82, 2.24) is 10.6 Å². The van der Waals surface area contributed by atoms with Crippen molar-refractivity contribution in [2.75, 3.05) is 18.8 Å². The highest BCUT2D eigenvalue weighted by atomic mass is 32.2. The van der Waals surface area contributed by atoms with Crippen molar-refractivity contribution in [2.45, 2.75) is 57.7 Å². The van der Waals surface area contributed by atoms with Gasteiger partial charge in [-0.1, -0.05) is 13.3 Å². The SMILES string of the molecule is CCN=C(NCC)NC1CCCC(S(=O)CC)C1. The predicted octanol–water partition coefficient (Wildman–Crippen LogP) is 1.64. The van der Waals surface area contributed by atoms with Gasteiger partial charge in [-0.2, -0.15) is 0 Å². The van der Waals surface area contributed by atoms with Crippen LogP contribution in [-0.4, -0.2) is 40.3 Å². The summed E-state index contributed by atoms with van der Waals surface area (Å²) in [4.78, 5) is 4.42. The Balaban J connectivity index is 2.50. The van der Waals surface area contributed by atoms with Gasteiger partial charge in [-0.05, 0) is 33.1 Å². The molecular formula is C13H27N3OS. The highest BCUT2D eigenvalue weighted by Gasteiger charge is 2.25. The van der Waals surface area contributed by atoms with E-state index in [2.05, 4.69) is 22.5 Å². The average Bonchev–Trinajstić information content (AvgIpc) is 2.39. The highest BCUT2D eigenvalue weighted by molar-refractivity contribution is 7.85. The Labute approximate surface area is 113 Å². The van der Waals surface area contributed by atoms with E-state index in [0.717, 1.165) is 44.1 Å². The van der Waals surface area contributed by atoms with Crippen molar-refractivity contribution in [2.24, 2.45) is 4.99 Å². The largest absolute Gasteiger partial charge is 0.357 e. The zero-order valence-electron chi connectivity index (χ0n) is 11.9. The molecule has 1 rings (SSSR count). The van der Waals surface area contributed by atoms with Crippen LogP contribution in [0.15, 0.2) is 4.99 Å². The zero-order valence-corrected chi connectivity index (χ0v) is 12.7. The minimum atomic E-state index is -0.657. The maximum atomic E-state index is 11.9. The second kappa shape index (κ2) is 8.51. The van der Waals surface area contributed by atoms with E-state index in [1.807, 2.05) is 13.8 Å². The van der Waals surface area contributed by atoms with Crippen LogP contribution in [0.3, 0.4) is 0 Å². The lowest BCUT2D eigenvalue weighted by molar-refractivity contribution is 0.413. The maximum Gasteiger partial charge on any atom is 0.191 e. The lowest BCUT2D eigenvalue weighted by Crippen LogP contribution is -2.46. The van der Waals surface area contributed by atoms with E-state index in [4.69, 9.17) is 0 Å². The van der Waals surface area contributed by atoms with Crippen LogP contribution in [0.25, 0.3) is 0 Å². The highest BCUT2D eigenvalue weighted by Crippen LogP contribution is 2.22. The van der Waals surface area contributed by atoms with Crippen LogP contribution in [0.4, 0.5) is 0 Å². The van der Waals surface area contributed by atoms with Gasteiger partial charge < -0.3 is 10.6 Å². The number of guanidine groups is 1. The van der Waals surface area contributed by atoms with E-state index in [1.54, 1.807) is 0 Å². The van der Waals surface area contributed by atoms with Crippen LogP contribution < -0.4 is 10.6 Å². The van der Waals surface area contributed by atoms with Gasteiger partial charge in [0.2, 0.25) is 0 Å². The molecule has 0 saturated heterocycles. The number of hydrogen-bond acceptors (Lipinski definition) is 2. The van der Waals surface area contributed by atoms with Crippen LogP contribution in [0.1, 0.15) is 46.5 Å². The summed E-state index contributed by atoms with van der Waals surface area (Å²) in [6.07, 6.45) is 4.44. The molecule has 0 aromatic heterocycles. The van der Waals surface area contributed by atoms with Crippen molar-refractivity contribution in [3.8, 4) is 0 Å². The van der Waals surface area contributed by atoms with Gasteiger partial charge in [-0.15, -0.1) is 0 Å². The van der Waals surface area contributed by atoms with Gasteiger partial charge in [0.05, 0.1) is 0 Å². The minimum absolute atomic E-state index is 0.366. The van der Waals surface area contributed by atoms with Crippen molar-refractivity contribution >= 4 is 16.8 Å². The Morgan fingerprint density at radius 2 is 2.11 bits per heavy atom. The molecule has 0 amide bonds. The molecule has 2 N–H and O–H groups in total. The second-order valence-corrected chi connectivity index (χ2v) is 6.66. The first-order chi connectivity index (χ1) is 8.71. The topological polar surface area (TPSA) is 53.5 Å².